The topological polar surface area (TPSA) is 18.5 Å². The van der Waals surface area contributed by atoms with Crippen LogP contribution in [0.1, 0.15) is 40.2 Å². The van der Waals surface area contributed by atoms with Crippen molar-refractivity contribution in [1.82, 2.24) is 0 Å². The predicted molar refractivity (Wildman–Crippen MR) is 130 cm³/mol. The van der Waals surface area contributed by atoms with Crippen LogP contribution in [0.5, 0.6) is 11.5 Å². The van der Waals surface area contributed by atoms with Gasteiger partial charge in [0.15, 0.2) is 11.5 Å². The smallest absolute Gasteiger partial charge is 0.161 e. The number of rotatable bonds is 6. The second kappa shape index (κ2) is 8.55. The molecule has 0 heterocycles. The third kappa shape index (κ3) is 3.36. The Bertz CT molecular complexity index is 1140. The van der Waals surface area contributed by atoms with Crippen LogP contribution < -0.4 is 9.47 Å². The summed E-state index contributed by atoms with van der Waals surface area (Å²) in [6, 6.07) is 37.0. The Hall–Kier alpha value is -3.52. The van der Waals surface area contributed by atoms with E-state index in [9.17, 15) is 0 Å². The average molecular weight is 421 g/mol. The predicted octanol–water partition coefficient (Wildman–Crippen LogP) is 6.77. The van der Waals surface area contributed by atoms with E-state index in [2.05, 4.69) is 103 Å². The fraction of sp³-hybridized carbons (Fsp3) is 0.200. The highest BCUT2D eigenvalue weighted by Crippen LogP contribution is 2.56. The average Bonchev–Trinajstić information content (AvgIpc) is 3.18. The van der Waals surface area contributed by atoms with Gasteiger partial charge >= 0.3 is 0 Å². The summed E-state index contributed by atoms with van der Waals surface area (Å²) >= 11 is 0. The second-order valence-corrected chi connectivity index (χ2v) is 8.52. The maximum absolute atomic E-state index is 5.76. The van der Waals surface area contributed by atoms with Gasteiger partial charge in [0.25, 0.3) is 0 Å². The van der Waals surface area contributed by atoms with Crippen LogP contribution >= 0.6 is 0 Å². The Kier molecular flexibility index (Phi) is 5.45. The summed E-state index contributed by atoms with van der Waals surface area (Å²) in [7, 11) is 3.43. The summed E-state index contributed by atoms with van der Waals surface area (Å²) < 4.78 is 11.5. The fourth-order valence-corrected chi connectivity index (χ4v) is 5.43. The van der Waals surface area contributed by atoms with Gasteiger partial charge in [-0.3, -0.25) is 0 Å². The maximum Gasteiger partial charge on any atom is 0.161 e. The molecule has 0 saturated carbocycles. The Morgan fingerprint density at radius 3 is 1.72 bits per heavy atom. The molecule has 1 aliphatic rings. The van der Waals surface area contributed by atoms with Gasteiger partial charge in [-0.25, -0.2) is 0 Å². The van der Waals surface area contributed by atoms with Gasteiger partial charge in [-0.2, -0.15) is 0 Å². The van der Waals surface area contributed by atoms with Gasteiger partial charge in [-0.1, -0.05) is 91.0 Å². The molecule has 1 aliphatic carbocycles. The quantitative estimate of drug-likeness (QED) is 0.343. The van der Waals surface area contributed by atoms with Gasteiger partial charge in [0.1, 0.15) is 0 Å². The van der Waals surface area contributed by atoms with Crippen LogP contribution in [0.15, 0.2) is 103 Å². The molecular formula is C30H28O2. The molecule has 0 radical (unpaired) electrons. The summed E-state index contributed by atoms with van der Waals surface area (Å²) in [5.41, 5.74) is 6.41. The van der Waals surface area contributed by atoms with Crippen molar-refractivity contribution in [2.24, 2.45) is 0 Å². The van der Waals surface area contributed by atoms with E-state index < -0.39 is 0 Å². The van der Waals surface area contributed by atoms with Gasteiger partial charge in [0, 0.05) is 5.41 Å². The first kappa shape index (κ1) is 20.4. The van der Waals surface area contributed by atoms with Crippen LogP contribution in [0, 0.1) is 0 Å². The van der Waals surface area contributed by atoms with Gasteiger partial charge in [0.2, 0.25) is 0 Å². The van der Waals surface area contributed by atoms with Crippen LogP contribution in [0.25, 0.3) is 0 Å². The molecule has 0 aliphatic heterocycles. The Balaban J connectivity index is 1.76. The van der Waals surface area contributed by atoms with E-state index in [1.165, 1.54) is 27.8 Å². The van der Waals surface area contributed by atoms with Crippen molar-refractivity contribution in [3.63, 3.8) is 0 Å². The van der Waals surface area contributed by atoms with Gasteiger partial charge in [-0.05, 0) is 58.7 Å². The third-order valence-corrected chi connectivity index (χ3v) is 6.87. The zero-order valence-corrected chi connectivity index (χ0v) is 18.6. The SMILES string of the molecule is COc1cc2c(cc1OC)C(c1ccccc1)(c1ccccc1)CC2Cc1ccccc1. The molecule has 4 aromatic carbocycles. The zero-order chi connectivity index (χ0) is 22.0. The van der Waals surface area contributed by atoms with Crippen molar-refractivity contribution in [3.05, 3.63) is 131 Å². The Morgan fingerprint density at radius 1 is 0.688 bits per heavy atom. The molecule has 0 spiro atoms. The van der Waals surface area contributed by atoms with E-state index in [4.69, 9.17) is 9.47 Å². The van der Waals surface area contributed by atoms with E-state index in [0.29, 0.717) is 5.92 Å². The lowest BCUT2D eigenvalue weighted by Gasteiger charge is -2.33. The number of ether oxygens (including phenoxy) is 2. The molecule has 4 aromatic rings. The third-order valence-electron chi connectivity index (χ3n) is 6.87. The number of fused-ring (bicyclic) bond motifs is 1. The highest BCUT2D eigenvalue weighted by atomic mass is 16.5. The number of hydrogen-bond acceptors (Lipinski definition) is 2. The molecule has 1 atom stereocenters. The molecule has 0 bridgehead atoms. The van der Waals surface area contributed by atoms with Crippen molar-refractivity contribution in [2.75, 3.05) is 14.2 Å². The van der Waals surface area contributed by atoms with Crippen molar-refractivity contribution in [3.8, 4) is 11.5 Å². The minimum atomic E-state index is -0.239. The molecule has 32 heavy (non-hydrogen) atoms. The first-order chi connectivity index (χ1) is 15.8. The molecular weight excluding hydrogens is 392 g/mol. The van der Waals surface area contributed by atoms with Crippen LogP contribution in [-0.4, -0.2) is 14.2 Å². The van der Waals surface area contributed by atoms with Crippen LogP contribution in [0.4, 0.5) is 0 Å². The lowest BCUT2D eigenvalue weighted by atomic mass is 9.69. The monoisotopic (exact) mass is 420 g/mol. The highest BCUT2D eigenvalue weighted by molar-refractivity contribution is 5.62. The number of benzene rings is 4. The molecule has 0 fully saturated rings. The Morgan fingerprint density at radius 2 is 1.19 bits per heavy atom. The molecule has 5 rings (SSSR count). The molecule has 2 nitrogen and oxygen atoms in total. The standard InChI is InChI=1S/C30H28O2/c1-31-28-19-26-23(18-22-12-6-3-7-13-22)21-30(24-14-8-4-9-15-24,25-16-10-5-11-17-25)27(26)20-29(28)32-2/h3-17,19-20,23H,18,21H2,1-2H3. The van der Waals surface area contributed by atoms with Crippen molar-refractivity contribution < 1.29 is 9.47 Å². The van der Waals surface area contributed by atoms with Crippen LogP contribution in [0.3, 0.4) is 0 Å². The van der Waals surface area contributed by atoms with Crippen LogP contribution in [-0.2, 0) is 11.8 Å². The molecule has 0 aromatic heterocycles. The largest absolute Gasteiger partial charge is 0.493 e. The molecule has 2 heteroatoms. The second-order valence-electron chi connectivity index (χ2n) is 8.52. The normalized spacial score (nSPS) is 16.4. The highest BCUT2D eigenvalue weighted by Gasteiger charge is 2.47. The lowest BCUT2D eigenvalue weighted by molar-refractivity contribution is 0.354. The molecule has 1 unspecified atom stereocenters. The van der Waals surface area contributed by atoms with E-state index in [0.717, 1.165) is 24.3 Å². The summed E-state index contributed by atoms with van der Waals surface area (Å²) in [5, 5.41) is 0. The number of methoxy groups -OCH3 is 2. The number of hydrogen-bond donors (Lipinski definition) is 0. The first-order valence-corrected chi connectivity index (χ1v) is 11.2. The lowest BCUT2D eigenvalue weighted by Crippen LogP contribution is -2.27. The summed E-state index contributed by atoms with van der Waals surface area (Å²) in [6.45, 7) is 0. The van der Waals surface area contributed by atoms with Crippen molar-refractivity contribution in [1.29, 1.82) is 0 Å². The summed E-state index contributed by atoms with van der Waals surface area (Å²) in [5.74, 6) is 1.94. The molecule has 160 valence electrons. The van der Waals surface area contributed by atoms with E-state index in [-0.39, 0.29) is 5.41 Å². The summed E-state index contributed by atoms with van der Waals surface area (Å²) in [4.78, 5) is 0. The van der Waals surface area contributed by atoms with E-state index in [1.807, 2.05) is 0 Å². The van der Waals surface area contributed by atoms with Gasteiger partial charge < -0.3 is 9.47 Å². The molecule has 0 saturated heterocycles. The maximum atomic E-state index is 5.76. The first-order valence-electron chi connectivity index (χ1n) is 11.2. The van der Waals surface area contributed by atoms with Crippen molar-refractivity contribution >= 4 is 0 Å². The van der Waals surface area contributed by atoms with E-state index in [1.54, 1.807) is 14.2 Å². The minimum Gasteiger partial charge on any atom is -0.493 e. The fourth-order valence-electron chi connectivity index (χ4n) is 5.43. The minimum absolute atomic E-state index is 0.239. The van der Waals surface area contributed by atoms with Gasteiger partial charge in [0.05, 0.1) is 14.2 Å². The molecule has 0 amide bonds. The van der Waals surface area contributed by atoms with Crippen molar-refractivity contribution in [2.45, 2.75) is 24.2 Å². The van der Waals surface area contributed by atoms with Crippen LogP contribution in [0.2, 0.25) is 0 Å². The van der Waals surface area contributed by atoms with E-state index >= 15 is 0 Å². The summed E-state index contributed by atoms with van der Waals surface area (Å²) in [6.07, 6.45) is 1.99. The zero-order valence-electron chi connectivity index (χ0n) is 18.6. The molecule has 0 N–H and O–H groups in total. The Labute approximate surface area is 190 Å². The van der Waals surface area contributed by atoms with Gasteiger partial charge in [-0.15, -0.1) is 0 Å².